The van der Waals surface area contributed by atoms with Gasteiger partial charge in [0.15, 0.2) is 0 Å². The van der Waals surface area contributed by atoms with Crippen LogP contribution in [-0.4, -0.2) is 14.7 Å². The van der Waals surface area contributed by atoms with Gasteiger partial charge in [-0.25, -0.2) is 4.68 Å². The average Bonchev–Trinajstić information content (AvgIpc) is 2.63. The van der Waals surface area contributed by atoms with Crippen molar-refractivity contribution in [3.63, 3.8) is 0 Å². The highest BCUT2D eigenvalue weighted by molar-refractivity contribution is 5.52. The monoisotopic (exact) mass is 221 g/mol. The summed E-state index contributed by atoms with van der Waals surface area (Å²) in [6.07, 6.45) is 1.55. The zero-order valence-corrected chi connectivity index (χ0v) is 8.42. The molecule has 0 fully saturated rings. The number of hydrogen-bond acceptors (Lipinski definition) is 3. The minimum absolute atomic E-state index is 0.123. The summed E-state index contributed by atoms with van der Waals surface area (Å²) in [6.45, 7) is 1.75. The van der Waals surface area contributed by atoms with Gasteiger partial charge < -0.3 is 0 Å². The number of hydrogen-bond donors (Lipinski definition) is 0. The van der Waals surface area contributed by atoms with E-state index in [-0.39, 0.29) is 5.69 Å². The lowest BCUT2D eigenvalue weighted by Crippen LogP contribution is -2.03. The molecule has 6 heteroatoms. The first-order valence-electron chi connectivity index (χ1n) is 4.55. The summed E-state index contributed by atoms with van der Waals surface area (Å²) < 4.78 is 14.6. The van der Waals surface area contributed by atoms with Crippen LogP contribution in [0.3, 0.4) is 0 Å². The van der Waals surface area contributed by atoms with Gasteiger partial charge in [0.1, 0.15) is 5.69 Å². The van der Waals surface area contributed by atoms with E-state index in [1.54, 1.807) is 19.2 Å². The second kappa shape index (κ2) is 3.73. The molecule has 1 aromatic heterocycles. The molecular weight excluding hydrogens is 213 g/mol. The lowest BCUT2D eigenvalue weighted by molar-refractivity contribution is -0.387. The van der Waals surface area contributed by atoms with Gasteiger partial charge in [0.05, 0.1) is 10.6 Å². The molecule has 1 heterocycles. The summed E-state index contributed by atoms with van der Waals surface area (Å²) in [4.78, 5) is 10.00. The van der Waals surface area contributed by atoms with Crippen molar-refractivity contribution in [2.45, 2.75) is 6.92 Å². The van der Waals surface area contributed by atoms with Gasteiger partial charge >= 0.3 is 5.69 Å². The Bertz CT molecular complexity index is 551. The third kappa shape index (κ3) is 1.65. The number of para-hydroxylation sites is 1. The summed E-state index contributed by atoms with van der Waals surface area (Å²) in [6, 6.07) is 5.61. The fourth-order valence-electron chi connectivity index (χ4n) is 1.42. The van der Waals surface area contributed by atoms with Crippen molar-refractivity contribution < 1.29 is 9.31 Å². The van der Waals surface area contributed by atoms with E-state index in [1.165, 1.54) is 16.8 Å². The second-order valence-electron chi connectivity index (χ2n) is 3.27. The molecule has 0 saturated heterocycles. The molecule has 0 unspecified atom stereocenters. The van der Waals surface area contributed by atoms with Crippen LogP contribution >= 0.6 is 0 Å². The third-order valence-corrected chi connectivity index (χ3v) is 2.12. The first-order valence-corrected chi connectivity index (χ1v) is 4.55. The molecule has 0 bridgehead atoms. The van der Waals surface area contributed by atoms with Crippen LogP contribution in [0.4, 0.5) is 10.1 Å². The molecular formula is C10H8FN3O2. The molecule has 2 aromatic rings. The van der Waals surface area contributed by atoms with Gasteiger partial charge in [-0.3, -0.25) is 10.1 Å². The molecule has 0 aliphatic heterocycles. The maximum atomic E-state index is 13.3. The summed E-state index contributed by atoms with van der Waals surface area (Å²) in [5.74, 6) is -0.865. The van der Waals surface area contributed by atoms with Crippen LogP contribution in [0.1, 0.15) is 5.69 Å². The maximum Gasteiger partial charge on any atom is 0.330 e. The van der Waals surface area contributed by atoms with Crippen molar-refractivity contribution in [3.05, 3.63) is 52.1 Å². The summed E-state index contributed by atoms with van der Waals surface area (Å²) in [7, 11) is 0. The Kier molecular flexibility index (Phi) is 2.40. The van der Waals surface area contributed by atoms with Crippen molar-refractivity contribution >= 4 is 5.69 Å². The molecule has 82 valence electrons. The van der Waals surface area contributed by atoms with E-state index in [9.17, 15) is 14.5 Å². The van der Waals surface area contributed by atoms with E-state index >= 15 is 0 Å². The van der Waals surface area contributed by atoms with Crippen LogP contribution in [0, 0.1) is 22.9 Å². The van der Waals surface area contributed by atoms with Crippen LogP contribution in [0.15, 0.2) is 30.5 Å². The second-order valence-corrected chi connectivity index (χ2v) is 3.27. The fourth-order valence-corrected chi connectivity index (χ4v) is 1.42. The van der Waals surface area contributed by atoms with Gasteiger partial charge in [0.2, 0.25) is 5.82 Å². The SMILES string of the molecule is Cc1ccn(-c2cccc(F)c2[N+](=O)[O-])n1. The Morgan fingerprint density at radius 2 is 2.19 bits per heavy atom. The van der Waals surface area contributed by atoms with Gasteiger partial charge in [-0.15, -0.1) is 0 Å². The number of nitrogens with zero attached hydrogens (tertiary/aromatic N) is 3. The van der Waals surface area contributed by atoms with Crippen molar-refractivity contribution in [3.8, 4) is 5.69 Å². The highest BCUT2D eigenvalue weighted by Crippen LogP contribution is 2.25. The molecule has 2 rings (SSSR count). The molecule has 1 aromatic carbocycles. The van der Waals surface area contributed by atoms with Crippen LogP contribution < -0.4 is 0 Å². The topological polar surface area (TPSA) is 61.0 Å². The average molecular weight is 221 g/mol. The van der Waals surface area contributed by atoms with Crippen LogP contribution in [0.2, 0.25) is 0 Å². The van der Waals surface area contributed by atoms with Gasteiger partial charge in [-0.05, 0) is 25.1 Å². The molecule has 0 spiro atoms. The van der Waals surface area contributed by atoms with E-state index in [2.05, 4.69) is 5.10 Å². The number of rotatable bonds is 2. The maximum absolute atomic E-state index is 13.3. The van der Waals surface area contributed by atoms with Gasteiger partial charge in [0, 0.05) is 6.20 Å². The van der Waals surface area contributed by atoms with Crippen molar-refractivity contribution in [2.75, 3.05) is 0 Å². The van der Waals surface area contributed by atoms with Gasteiger partial charge in [0.25, 0.3) is 0 Å². The molecule has 0 aliphatic carbocycles. The Balaban J connectivity index is 2.65. The van der Waals surface area contributed by atoms with E-state index in [1.807, 2.05) is 0 Å². The normalized spacial score (nSPS) is 10.4. The standard InChI is InChI=1S/C10H8FN3O2/c1-7-5-6-13(12-7)9-4-2-3-8(11)10(9)14(15)16/h2-6H,1H3. The summed E-state index contributed by atoms with van der Waals surface area (Å²) in [5, 5.41) is 14.8. The number of halogens is 1. The zero-order chi connectivity index (χ0) is 11.7. The van der Waals surface area contributed by atoms with Crippen molar-refractivity contribution in [1.82, 2.24) is 9.78 Å². The lowest BCUT2D eigenvalue weighted by Gasteiger charge is -2.02. The van der Waals surface area contributed by atoms with Crippen molar-refractivity contribution in [2.24, 2.45) is 0 Å². The lowest BCUT2D eigenvalue weighted by atomic mass is 10.2. The minimum Gasteiger partial charge on any atom is -0.258 e. The van der Waals surface area contributed by atoms with E-state index in [0.717, 1.165) is 6.07 Å². The van der Waals surface area contributed by atoms with E-state index < -0.39 is 16.4 Å². The first-order chi connectivity index (χ1) is 7.59. The number of benzene rings is 1. The van der Waals surface area contributed by atoms with Gasteiger partial charge in [-0.2, -0.15) is 9.49 Å². The highest BCUT2D eigenvalue weighted by Gasteiger charge is 2.21. The number of nitro groups is 1. The zero-order valence-electron chi connectivity index (χ0n) is 8.42. The number of aromatic nitrogens is 2. The quantitative estimate of drug-likeness (QED) is 0.577. The van der Waals surface area contributed by atoms with Crippen LogP contribution in [-0.2, 0) is 0 Å². The summed E-state index contributed by atoms with van der Waals surface area (Å²) >= 11 is 0. The molecule has 5 nitrogen and oxygen atoms in total. The minimum atomic E-state index is -0.865. The largest absolute Gasteiger partial charge is 0.330 e. The van der Waals surface area contributed by atoms with E-state index in [0.29, 0.717) is 5.69 Å². The Labute approximate surface area is 90.3 Å². The molecule has 0 N–H and O–H groups in total. The molecule has 16 heavy (non-hydrogen) atoms. The van der Waals surface area contributed by atoms with Crippen LogP contribution in [0.25, 0.3) is 5.69 Å². The number of aryl methyl sites for hydroxylation is 1. The van der Waals surface area contributed by atoms with Crippen molar-refractivity contribution in [1.29, 1.82) is 0 Å². The molecule has 0 saturated carbocycles. The molecule has 0 radical (unpaired) electrons. The summed E-state index contributed by atoms with van der Waals surface area (Å²) in [5.41, 5.74) is 0.266. The predicted octanol–water partition coefficient (Wildman–Crippen LogP) is 2.23. The number of nitro benzene ring substituents is 1. The Morgan fingerprint density at radius 1 is 1.44 bits per heavy atom. The fraction of sp³-hybridized carbons (Fsp3) is 0.100. The smallest absolute Gasteiger partial charge is 0.258 e. The highest BCUT2D eigenvalue weighted by atomic mass is 19.1. The van der Waals surface area contributed by atoms with E-state index in [4.69, 9.17) is 0 Å². The van der Waals surface area contributed by atoms with Crippen LogP contribution in [0.5, 0.6) is 0 Å². The molecule has 0 atom stereocenters. The predicted molar refractivity (Wildman–Crippen MR) is 54.9 cm³/mol. The molecule has 0 aliphatic rings. The Morgan fingerprint density at radius 3 is 2.75 bits per heavy atom. The first kappa shape index (κ1) is 10.3. The Hall–Kier alpha value is -2.24. The van der Waals surface area contributed by atoms with Gasteiger partial charge in [-0.1, -0.05) is 6.07 Å². The third-order valence-electron chi connectivity index (χ3n) is 2.12. The molecule has 0 amide bonds.